The first kappa shape index (κ1) is 25.6. The molecule has 1 N–H and O–H groups in total. The zero-order chi connectivity index (χ0) is 27.4. The molecular formula is C32H21F3N2O2. The largest absolute Gasteiger partial charge is 0.488 e. The third-order valence-electron chi connectivity index (χ3n) is 6.30. The number of halogens is 3. The predicted octanol–water partition coefficient (Wildman–Crippen LogP) is 8.14. The number of carbonyl (C=O) groups excluding carboxylic acids is 1. The van der Waals surface area contributed by atoms with E-state index in [0.717, 1.165) is 39.2 Å². The summed E-state index contributed by atoms with van der Waals surface area (Å²) in [5.74, 6) is -0.369. The summed E-state index contributed by atoms with van der Waals surface area (Å²) in [5.41, 5.74) is 0.240. The van der Waals surface area contributed by atoms with Gasteiger partial charge in [-0.2, -0.15) is 18.4 Å². The first-order chi connectivity index (χ1) is 18.8. The van der Waals surface area contributed by atoms with Crippen LogP contribution in [0.3, 0.4) is 0 Å². The van der Waals surface area contributed by atoms with E-state index in [1.807, 2.05) is 78.9 Å². The second kappa shape index (κ2) is 10.7. The van der Waals surface area contributed by atoms with E-state index in [-0.39, 0.29) is 17.9 Å². The average Bonchev–Trinajstić information content (AvgIpc) is 2.94. The smallest absolute Gasteiger partial charge is 0.416 e. The molecule has 5 rings (SSSR count). The highest BCUT2D eigenvalue weighted by molar-refractivity contribution is 6.11. The van der Waals surface area contributed by atoms with Gasteiger partial charge >= 0.3 is 6.18 Å². The molecule has 0 unspecified atom stereocenters. The molecule has 0 saturated heterocycles. The van der Waals surface area contributed by atoms with E-state index in [1.165, 1.54) is 18.2 Å². The maximum atomic E-state index is 13.1. The van der Waals surface area contributed by atoms with Gasteiger partial charge in [0, 0.05) is 11.3 Å². The zero-order valence-electron chi connectivity index (χ0n) is 20.5. The highest BCUT2D eigenvalue weighted by atomic mass is 19.4. The van der Waals surface area contributed by atoms with Gasteiger partial charge in [0.2, 0.25) is 0 Å². The lowest BCUT2D eigenvalue weighted by Crippen LogP contribution is -2.14. The molecule has 0 saturated carbocycles. The average molecular weight is 523 g/mol. The Kier molecular flexibility index (Phi) is 7.02. The lowest BCUT2D eigenvalue weighted by atomic mass is 10.0. The summed E-state index contributed by atoms with van der Waals surface area (Å²) >= 11 is 0. The Bertz CT molecular complexity index is 1760. The van der Waals surface area contributed by atoms with Gasteiger partial charge in [0.15, 0.2) is 0 Å². The lowest BCUT2D eigenvalue weighted by Gasteiger charge is -2.14. The van der Waals surface area contributed by atoms with E-state index >= 15 is 0 Å². The first-order valence-electron chi connectivity index (χ1n) is 12.0. The normalized spacial score (nSPS) is 11.8. The number of hydrogen-bond donors (Lipinski definition) is 1. The Hall–Kier alpha value is -5.09. The van der Waals surface area contributed by atoms with Gasteiger partial charge in [0.1, 0.15) is 24.0 Å². The zero-order valence-corrected chi connectivity index (χ0v) is 20.5. The molecule has 0 bridgehead atoms. The van der Waals surface area contributed by atoms with Crippen molar-refractivity contribution < 1.29 is 22.7 Å². The minimum atomic E-state index is -4.56. The molecule has 5 aromatic carbocycles. The van der Waals surface area contributed by atoms with E-state index in [2.05, 4.69) is 5.32 Å². The summed E-state index contributed by atoms with van der Waals surface area (Å²) in [6, 6.07) is 31.2. The number of alkyl halides is 3. The number of carbonyl (C=O) groups is 1. The van der Waals surface area contributed by atoms with Crippen molar-refractivity contribution in [3.63, 3.8) is 0 Å². The Balaban J connectivity index is 1.49. The minimum absolute atomic E-state index is 0.0682. The van der Waals surface area contributed by atoms with E-state index in [4.69, 9.17) is 4.74 Å². The number of amides is 1. The summed E-state index contributed by atoms with van der Waals surface area (Å²) in [5, 5.41) is 16.0. The van der Waals surface area contributed by atoms with Gasteiger partial charge in [-0.15, -0.1) is 0 Å². The van der Waals surface area contributed by atoms with Gasteiger partial charge < -0.3 is 10.1 Å². The van der Waals surface area contributed by atoms with Crippen LogP contribution in [-0.2, 0) is 17.6 Å². The fourth-order valence-electron chi connectivity index (χ4n) is 4.39. The van der Waals surface area contributed by atoms with Crippen LogP contribution in [0, 0.1) is 11.3 Å². The number of nitrogens with one attached hydrogen (secondary N) is 1. The van der Waals surface area contributed by atoms with Crippen LogP contribution in [0.4, 0.5) is 18.9 Å². The van der Waals surface area contributed by atoms with Crippen LogP contribution in [-0.4, -0.2) is 5.91 Å². The second-order valence-electron chi connectivity index (χ2n) is 8.83. The number of nitrogens with zero attached hydrogens (tertiary/aromatic N) is 1. The molecule has 0 aliphatic heterocycles. The van der Waals surface area contributed by atoms with Gasteiger partial charge in [-0.25, -0.2) is 0 Å². The summed E-state index contributed by atoms with van der Waals surface area (Å²) in [7, 11) is 0. The fourth-order valence-corrected chi connectivity index (χ4v) is 4.39. The molecule has 5 aromatic rings. The third kappa shape index (κ3) is 5.60. The molecule has 0 atom stereocenters. The fraction of sp³-hybridized carbons (Fsp3) is 0.0625. The summed E-state index contributed by atoms with van der Waals surface area (Å²) in [6.07, 6.45) is -3.16. The second-order valence-corrected chi connectivity index (χ2v) is 8.83. The number of hydrogen-bond acceptors (Lipinski definition) is 3. The monoisotopic (exact) mass is 522 g/mol. The van der Waals surface area contributed by atoms with Crippen LogP contribution in [0.15, 0.2) is 109 Å². The highest BCUT2D eigenvalue weighted by Gasteiger charge is 2.30. The van der Waals surface area contributed by atoms with Crippen molar-refractivity contribution in [2.45, 2.75) is 12.8 Å². The molecule has 7 heteroatoms. The molecular weight excluding hydrogens is 501 g/mol. The number of fused-ring (bicyclic) bond motifs is 2. The topological polar surface area (TPSA) is 62.1 Å². The molecule has 192 valence electrons. The maximum absolute atomic E-state index is 13.1. The SMILES string of the molecule is N#C/C(=C\c1c(OCc2cccc3ccccc23)ccc2ccccc12)C(=O)Nc1cccc(C(F)(F)F)c1. The van der Waals surface area contributed by atoms with Crippen molar-refractivity contribution in [1.29, 1.82) is 5.26 Å². The van der Waals surface area contributed by atoms with Crippen LogP contribution in [0.5, 0.6) is 5.75 Å². The summed E-state index contributed by atoms with van der Waals surface area (Å²) in [4.78, 5) is 13.0. The molecule has 0 aliphatic carbocycles. The molecule has 0 heterocycles. The lowest BCUT2D eigenvalue weighted by molar-refractivity contribution is -0.137. The van der Waals surface area contributed by atoms with E-state index < -0.39 is 17.6 Å². The number of anilines is 1. The van der Waals surface area contributed by atoms with Crippen LogP contribution in [0.25, 0.3) is 27.6 Å². The Morgan fingerprint density at radius 2 is 1.51 bits per heavy atom. The van der Waals surface area contributed by atoms with E-state index in [0.29, 0.717) is 11.3 Å². The standard InChI is InChI=1S/C32H21F3N2O2/c33-32(34,35)25-11-6-12-26(18-25)37-31(38)24(19-36)17-29-28-14-4-2-8-22(28)15-16-30(29)39-20-23-10-5-9-21-7-1-3-13-27(21)23/h1-18H,20H2,(H,37,38)/b24-17+. The number of benzene rings is 5. The van der Waals surface area contributed by atoms with Crippen molar-refractivity contribution in [3.05, 3.63) is 125 Å². The number of nitriles is 1. The molecule has 0 fully saturated rings. The summed E-state index contributed by atoms with van der Waals surface area (Å²) < 4.78 is 45.5. The molecule has 0 radical (unpaired) electrons. The molecule has 0 spiro atoms. The number of rotatable bonds is 6. The maximum Gasteiger partial charge on any atom is 0.416 e. The van der Waals surface area contributed by atoms with Crippen molar-refractivity contribution in [2.24, 2.45) is 0 Å². The van der Waals surface area contributed by atoms with Crippen molar-refractivity contribution >= 4 is 39.2 Å². The van der Waals surface area contributed by atoms with Crippen LogP contribution in [0.2, 0.25) is 0 Å². The molecule has 1 amide bonds. The predicted molar refractivity (Wildman–Crippen MR) is 146 cm³/mol. The molecule has 0 aromatic heterocycles. The van der Waals surface area contributed by atoms with Gasteiger partial charge in [0.05, 0.1) is 5.56 Å². The van der Waals surface area contributed by atoms with Crippen molar-refractivity contribution in [3.8, 4) is 11.8 Å². The van der Waals surface area contributed by atoms with E-state index in [1.54, 1.807) is 6.07 Å². The Morgan fingerprint density at radius 3 is 2.26 bits per heavy atom. The van der Waals surface area contributed by atoms with Gasteiger partial charge in [0.25, 0.3) is 5.91 Å². The van der Waals surface area contributed by atoms with Crippen molar-refractivity contribution in [1.82, 2.24) is 0 Å². The highest BCUT2D eigenvalue weighted by Crippen LogP contribution is 2.33. The van der Waals surface area contributed by atoms with Crippen molar-refractivity contribution in [2.75, 3.05) is 5.32 Å². The Labute approximate surface area is 222 Å². The first-order valence-corrected chi connectivity index (χ1v) is 12.0. The molecule has 4 nitrogen and oxygen atoms in total. The Morgan fingerprint density at radius 1 is 0.846 bits per heavy atom. The number of ether oxygens (including phenoxy) is 1. The quantitative estimate of drug-likeness (QED) is 0.181. The molecule has 0 aliphatic rings. The molecule has 39 heavy (non-hydrogen) atoms. The van der Waals surface area contributed by atoms with Gasteiger partial charge in [-0.05, 0) is 57.4 Å². The van der Waals surface area contributed by atoms with Crippen LogP contribution >= 0.6 is 0 Å². The third-order valence-corrected chi connectivity index (χ3v) is 6.30. The van der Waals surface area contributed by atoms with E-state index in [9.17, 15) is 23.2 Å². The van der Waals surface area contributed by atoms with Crippen LogP contribution < -0.4 is 10.1 Å². The van der Waals surface area contributed by atoms with Crippen LogP contribution in [0.1, 0.15) is 16.7 Å². The minimum Gasteiger partial charge on any atom is -0.488 e. The van der Waals surface area contributed by atoms with Gasteiger partial charge in [-0.1, -0.05) is 78.9 Å². The summed E-state index contributed by atoms with van der Waals surface area (Å²) in [6.45, 7) is 0.249. The van der Waals surface area contributed by atoms with Gasteiger partial charge in [-0.3, -0.25) is 4.79 Å².